The molecule has 1 aromatic rings. The van der Waals surface area contributed by atoms with Crippen LogP contribution in [0.3, 0.4) is 0 Å². The molecule has 1 aromatic carbocycles. The van der Waals surface area contributed by atoms with Crippen LogP contribution in [0, 0.1) is 0 Å². The Morgan fingerprint density at radius 2 is 2.11 bits per heavy atom. The molecule has 19 heavy (non-hydrogen) atoms. The van der Waals surface area contributed by atoms with Gasteiger partial charge in [0, 0.05) is 23.7 Å². The predicted molar refractivity (Wildman–Crippen MR) is 76.0 cm³/mol. The molecule has 0 radical (unpaired) electrons. The van der Waals surface area contributed by atoms with Crippen molar-refractivity contribution in [3.05, 3.63) is 34.3 Å². The van der Waals surface area contributed by atoms with E-state index in [4.69, 9.17) is 17.3 Å². The summed E-state index contributed by atoms with van der Waals surface area (Å²) in [6.45, 7) is 4.80. The first-order valence-electron chi connectivity index (χ1n) is 6.79. The molecule has 0 aromatic heterocycles. The highest BCUT2D eigenvalue weighted by Gasteiger charge is 2.55. The van der Waals surface area contributed by atoms with Gasteiger partial charge in [-0.05, 0) is 49.9 Å². The molecule has 0 unspecified atom stereocenters. The molecule has 1 heterocycles. The van der Waals surface area contributed by atoms with Crippen molar-refractivity contribution < 1.29 is 4.79 Å². The third-order valence-corrected chi connectivity index (χ3v) is 4.68. The van der Waals surface area contributed by atoms with Crippen molar-refractivity contribution in [3.8, 4) is 0 Å². The van der Waals surface area contributed by atoms with Crippen LogP contribution in [0.25, 0.3) is 0 Å². The third-order valence-electron chi connectivity index (χ3n) is 4.44. The van der Waals surface area contributed by atoms with E-state index < -0.39 is 5.41 Å². The number of carbonyl (C=O) groups excluding carboxylic acids is 1. The maximum absolute atomic E-state index is 12.8. The summed E-state index contributed by atoms with van der Waals surface area (Å²) >= 11 is 6.11. The summed E-state index contributed by atoms with van der Waals surface area (Å²) in [5, 5.41) is 0.699. The van der Waals surface area contributed by atoms with E-state index in [0.29, 0.717) is 11.6 Å². The standard InChI is InChI=1S/C15H19ClN2O/c1-9(2)18-8-10-3-4-11(16)5-13(10)15(14(18)19)6-12(17)7-15/h3-5,9,12H,6-8,17H2,1-2H3. The molecule has 102 valence electrons. The van der Waals surface area contributed by atoms with Crippen LogP contribution in [0.4, 0.5) is 0 Å². The molecule has 3 nitrogen and oxygen atoms in total. The lowest BCUT2D eigenvalue weighted by atomic mass is 9.58. The zero-order valence-corrected chi connectivity index (χ0v) is 12.1. The number of rotatable bonds is 1. The number of amides is 1. The first kappa shape index (κ1) is 12.9. The van der Waals surface area contributed by atoms with Gasteiger partial charge in [-0.25, -0.2) is 0 Å². The average Bonchev–Trinajstić information content (AvgIpc) is 2.31. The Kier molecular flexibility index (Phi) is 2.88. The van der Waals surface area contributed by atoms with Gasteiger partial charge in [0.15, 0.2) is 0 Å². The summed E-state index contributed by atoms with van der Waals surface area (Å²) < 4.78 is 0. The lowest BCUT2D eigenvalue weighted by Crippen LogP contribution is -2.62. The van der Waals surface area contributed by atoms with E-state index in [2.05, 4.69) is 13.8 Å². The number of hydrogen-bond acceptors (Lipinski definition) is 2. The molecule has 1 saturated carbocycles. The van der Waals surface area contributed by atoms with Gasteiger partial charge in [0.05, 0.1) is 5.41 Å². The molecule has 1 aliphatic carbocycles. The Labute approximate surface area is 118 Å². The monoisotopic (exact) mass is 278 g/mol. The molecular formula is C15H19ClN2O. The summed E-state index contributed by atoms with van der Waals surface area (Å²) in [6.07, 6.45) is 1.48. The maximum atomic E-state index is 12.8. The van der Waals surface area contributed by atoms with Gasteiger partial charge < -0.3 is 10.6 Å². The summed E-state index contributed by atoms with van der Waals surface area (Å²) in [4.78, 5) is 14.8. The molecule has 0 bridgehead atoms. The Hall–Kier alpha value is -1.06. The van der Waals surface area contributed by atoms with Gasteiger partial charge in [-0.1, -0.05) is 17.7 Å². The second-order valence-electron chi connectivity index (χ2n) is 6.08. The average molecular weight is 279 g/mol. The van der Waals surface area contributed by atoms with Gasteiger partial charge in [-0.15, -0.1) is 0 Å². The van der Waals surface area contributed by atoms with E-state index in [-0.39, 0.29) is 18.0 Å². The SMILES string of the molecule is CC(C)N1Cc2ccc(Cl)cc2C2(CC(N)C2)C1=O. The normalized spacial score (nSPS) is 29.6. The van der Waals surface area contributed by atoms with Gasteiger partial charge in [0.1, 0.15) is 0 Å². The van der Waals surface area contributed by atoms with Crippen molar-refractivity contribution in [1.82, 2.24) is 4.90 Å². The van der Waals surface area contributed by atoms with E-state index in [1.165, 1.54) is 5.56 Å². The van der Waals surface area contributed by atoms with Crippen LogP contribution in [0.2, 0.25) is 5.02 Å². The smallest absolute Gasteiger partial charge is 0.233 e. The number of nitrogens with two attached hydrogens (primary N) is 1. The molecule has 2 N–H and O–H groups in total. The summed E-state index contributed by atoms with van der Waals surface area (Å²) in [5.74, 6) is 0.221. The Morgan fingerprint density at radius 1 is 1.42 bits per heavy atom. The minimum Gasteiger partial charge on any atom is -0.335 e. The van der Waals surface area contributed by atoms with Crippen molar-refractivity contribution in [2.24, 2.45) is 5.73 Å². The molecule has 3 rings (SSSR count). The molecule has 1 spiro atoms. The van der Waals surface area contributed by atoms with Gasteiger partial charge in [-0.2, -0.15) is 0 Å². The van der Waals surface area contributed by atoms with E-state index in [0.717, 1.165) is 18.4 Å². The second kappa shape index (κ2) is 4.22. The fraction of sp³-hybridized carbons (Fsp3) is 0.533. The van der Waals surface area contributed by atoms with Crippen LogP contribution < -0.4 is 5.73 Å². The first-order chi connectivity index (χ1) is 8.94. The zero-order valence-electron chi connectivity index (χ0n) is 11.3. The summed E-state index contributed by atoms with van der Waals surface area (Å²) in [5.41, 5.74) is 7.86. The number of benzene rings is 1. The molecule has 1 amide bonds. The van der Waals surface area contributed by atoms with Gasteiger partial charge >= 0.3 is 0 Å². The lowest BCUT2D eigenvalue weighted by Gasteiger charge is -2.52. The summed E-state index contributed by atoms with van der Waals surface area (Å²) in [7, 11) is 0. The molecule has 4 heteroatoms. The van der Waals surface area contributed by atoms with Crippen molar-refractivity contribution in [1.29, 1.82) is 0 Å². The van der Waals surface area contributed by atoms with Crippen LogP contribution >= 0.6 is 11.6 Å². The number of hydrogen-bond donors (Lipinski definition) is 1. The van der Waals surface area contributed by atoms with Crippen molar-refractivity contribution in [2.75, 3.05) is 0 Å². The van der Waals surface area contributed by atoms with Crippen LogP contribution in [0.15, 0.2) is 18.2 Å². The second-order valence-corrected chi connectivity index (χ2v) is 6.52. The fourth-order valence-electron chi connectivity index (χ4n) is 3.42. The van der Waals surface area contributed by atoms with E-state index in [1.807, 2.05) is 23.1 Å². The summed E-state index contributed by atoms with van der Waals surface area (Å²) in [6, 6.07) is 6.25. The highest BCUT2D eigenvalue weighted by atomic mass is 35.5. The van der Waals surface area contributed by atoms with Gasteiger partial charge in [0.2, 0.25) is 5.91 Å². The van der Waals surface area contributed by atoms with E-state index in [1.54, 1.807) is 0 Å². The predicted octanol–water partition coefficient (Wildman–Crippen LogP) is 2.45. The van der Waals surface area contributed by atoms with Crippen molar-refractivity contribution >= 4 is 17.5 Å². The molecule has 1 aliphatic heterocycles. The number of nitrogens with zero attached hydrogens (tertiary/aromatic N) is 1. The minimum atomic E-state index is -0.415. The van der Waals surface area contributed by atoms with Gasteiger partial charge in [-0.3, -0.25) is 4.79 Å². The van der Waals surface area contributed by atoms with Crippen LogP contribution in [-0.4, -0.2) is 22.9 Å². The number of carbonyl (C=O) groups is 1. The van der Waals surface area contributed by atoms with Crippen LogP contribution in [-0.2, 0) is 16.8 Å². The zero-order chi connectivity index (χ0) is 13.8. The molecular weight excluding hydrogens is 260 g/mol. The molecule has 1 fully saturated rings. The number of fused-ring (bicyclic) bond motifs is 2. The first-order valence-corrected chi connectivity index (χ1v) is 7.17. The maximum Gasteiger partial charge on any atom is 0.233 e. The van der Waals surface area contributed by atoms with E-state index >= 15 is 0 Å². The lowest BCUT2D eigenvalue weighted by molar-refractivity contribution is -0.145. The van der Waals surface area contributed by atoms with Crippen LogP contribution in [0.5, 0.6) is 0 Å². The topological polar surface area (TPSA) is 46.3 Å². The largest absolute Gasteiger partial charge is 0.335 e. The number of halogens is 1. The Morgan fingerprint density at radius 3 is 2.68 bits per heavy atom. The Bertz CT molecular complexity index is 535. The quantitative estimate of drug-likeness (QED) is 0.858. The van der Waals surface area contributed by atoms with Gasteiger partial charge in [0.25, 0.3) is 0 Å². The van der Waals surface area contributed by atoms with Crippen molar-refractivity contribution in [3.63, 3.8) is 0 Å². The highest BCUT2D eigenvalue weighted by molar-refractivity contribution is 6.30. The molecule has 0 atom stereocenters. The molecule has 0 saturated heterocycles. The Balaban J connectivity index is 2.12. The fourth-order valence-corrected chi connectivity index (χ4v) is 3.60. The molecule has 2 aliphatic rings. The van der Waals surface area contributed by atoms with Crippen molar-refractivity contribution in [2.45, 2.75) is 50.7 Å². The van der Waals surface area contributed by atoms with Crippen LogP contribution in [0.1, 0.15) is 37.8 Å². The minimum absolute atomic E-state index is 0.128. The third kappa shape index (κ3) is 1.79. The highest BCUT2D eigenvalue weighted by Crippen LogP contribution is 2.49. The van der Waals surface area contributed by atoms with E-state index in [9.17, 15) is 4.79 Å².